The van der Waals surface area contributed by atoms with Crippen LogP contribution in [-0.4, -0.2) is 36.6 Å². The zero-order valence-electron chi connectivity index (χ0n) is 12.7. The number of nitrogens with one attached hydrogen (secondary N) is 1. The lowest BCUT2D eigenvalue weighted by molar-refractivity contribution is 0.0625. The van der Waals surface area contributed by atoms with Crippen LogP contribution in [0.25, 0.3) is 0 Å². The van der Waals surface area contributed by atoms with Crippen LogP contribution in [0.4, 0.5) is 0 Å². The maximum atomic E-state index is 12.2. The van der Waals surface area contributed by atoms with E-state index in [1.807, 2.05) is 0 Å². The number of aliphatic hydroxyl groups is 1. The van der Waals surface area contributed by atoms with Crippen molar-refractivity contribution in [2.24, 2.45) is 7.05 Å². The van der Waals surface area contributed by atoms with Crippen LogP contribution < -0.4 is 14.2 Å². The minimum atomic E-state index is -3.74. The minimum Gasteiger partial charge on any atom is -0.454 e. The predicted octanol–water partition coefficient (Wildman–Crippen LogP) is 0.335. The molecule has 8 nitrogen and oxygen atoms in total. The van der Waals surface area contributed by atoms with E-state index in [9.17, 15) is 13.5 Å². The largest absolute Gasteiger partial charge is 0.454 e. The first kappa shape index (κ1) is 15.8. The maximum Gasteiger partial charge on any atom is 0.243 e. The molecule has 0 amide bonds. The highest BCUT2D eigenvalue weighted by Crippen LogP contribution is 2.35. The van der Waals surface area contributed by atoms with Crippen molar-refractivity contribution in [2.45, 2.75) is 17.4 Å². The molecule has 1 aromatic heterocycles. The highest BCUT2D eigenvalue weighted by Gasteiger charge is 2.28. The predicted molar refractivity (Wildman–Crippen MR) is 80.5 cm³/mol. The smallest absolute Gasteiger partial charge is 0.243 e. The number of aromatic nitrogens is 2. The third kappa shape index (κ3) is 3.16. The Balaban J connectivity index is 1.76. The molecule has 1 aliphatic rings. The summed E-state index contributed by atoms with van der Waals surface area (Å²) in [5.74, 6) is 1.12. The lowest BCUT2D eigenvalue weighted by Gasteiger charge is -2.24. The average Bonchev–Trinajstić information content (AvgIpc) is 3.13. The van der Waals surface area contributed by atoms with Gasteiger partial charge in [0.25, 0.3) is 0 Å². The Labute approximate surface area is 133 Å². The number of hydrogen-bond donors (Lipinski definition) is 2. The summed E-state index contributed by atoms with van der Waals surface area (Å²) >= 11 is 0. The summed E-state index contributed by atoms with van der Waals surface area (Å²) in [5.41, 5.74) is -0.883. The van der Waals surface area contributed by atoms with Gasteiger partial charge in [0.15, 0.2) is 11.5 Å². The van der Waals surface area contributed by atoms with E-state index in [4.69, 9.17) is 9.47 Å². The number of aryl methyl sites for hydroxylation is 1. The van der Waals surface area contributed by atoms with E-state index in [0.717, 1.165) is 0 Å². The monoisotopic (exact) mass is 339 g/mol. The summed E-state index contributed by atoms with van der Waals surface area (Å²) in [5, 5.41) is 14.4. The highest BCUT2D eigenvalue weighted by molar-refractivity contribution is 7.89. The van der Waals surface area contributed by atoms with Gasteiger partial charge >= 0.3 is 0 Å². The molecular formula is C14H17N3O5S. The van der Waals surface area contributed by atoms with Gasteiger partial charge in [0.05, 0.1) is 6.20 Å². The van der Waals surface area contributed by atoms with Gasteiger partial charge in [0.1, 0.15) is 10.5 Å². The van der Waals surface area contributed by atoms with Gasteiger partial charge in [-0.2, -0.15) is 5.10 Å². The third-order valence-corrected chi connectivity index (χ3v) is 4.95. The van der Waals surface area contributed by atoms with Crippen LogP contribution in [0.5, 0.6) is 11.5 Å². The van der Waals surface area contributed by atoms with Crippen LogP contribution in [0.2, 0.25) is 0 Å². The van der Waals surface area contributed by atoms with Gasteiger partial charge in [-0.25, -0.2) is 13.1 Å². The van der Waals surface area contributed by atoms with Crippen molar-refractivity contribution in [3.05, 3.63) is 36.2 Å². The number of fused-ring (bicyclic) bond motifs is 1. The van der Waals surface area contributed by atoms with Gasteiger partial charge in [0, 0.05) is 19.8 Å². The zero-order chi connectivity index (χ0) is 16.7. The molecule has 3 rings (SSSR count). The summed E-state index contributed by atoms with van der Waals surface area (Å²) < 4.78 is 38.7. The van der Waals surface area contributed by atoms with Gasteiger partial charge in [-0.1, -0.05) is 6.07 Å². The molecule has 2 heterocycles. The van der Waals surface area contributed by atoms with Gasteiger partial charge < -0.3 is 14.6 Å². The molecule has 2 N–H and O–H groups in total. The van der Waals surface area contributed by atoms with Crippen molar-refractivity contribution in [2.75, 3.05) is 13.3 Å². The Kier molecular flexibility index (Phi) is 3.78. The van der Waals surface area contributed by atoms with E-state index >= 15 is 0 Å². The Morgan fingerprint density at radius 2 is 2.13 bits per heavy atom. The molecule has 23 heavy (non-hydrogen) atoms. The normalized spacial score (nSPS) is 16.3. The third-order valence-electron chi connectivity index (χ3n) is 3.59. The van der Waals surface area contributed by atoms with Crippen LogP contribution in [0.1, 0.15) is 12.5 Å². The van der Waals surface area contributed by atoms with E-state index < -0.39 is 15.6 Å². The van der Waals surface area contributed by atoms with Crippen molar-refractivity contribution >= 4 is 10.0 Å². The van der Waals surface area contributed by atoms with Crippen LogP contribution in [0.15, 0.2) is 35.5 Å². The van der Waals surface area contributed by atoms with E-state index in [0.29, 0.717) is 17.1 Å². The van der Waals surface area contributed by atoms with Crippen molar-refractivity contribution in [1.29, 1.82) is 0 Å². The molecule has 124 valence electrons. The fourth-order valence-electron chi connectivity index (χ4n) is 2.19. The van der Waals surface area contributed by atoms with Crippen LogP contribution in [0, 0.1) is 0 Å². The van der Waals surface area contributed by atoms with Gasteiger partial charge in [-0.15, -0.1) is 0 Å². The minimum absolute atomic E-state index is 0.0430. The first-order valence-corrected chi connectivity index (χ1v) is 8.37. The molecule has 0 radical (unpaired) electrons. The fourth-order valence-corrected chi connectivity index (χ4v) is 3.31. The van der Waals surface area contributed by atoms with E-state index in [1.54, 1.807) is 25.2 Å². The van der Waals surface area contributed by atoms with E-state index in [2.05, 4.69) is 9.82 Å². The van der Waals surface area contributed by atoms with Crippen molar-refractivity contribution < 1.29 is 23.0 Å². The summed E-state index contributed by atoms with van der Waals surface area (Å²) in [6, 6.07) is 4.99. The first-order valence-electron chi connectivity index (χ1n) is 6.89. The van der Waals surface area contributed by atoms with E-state index in [-0.39, 0.29) is 18.2 Å². The Morgan fingerprint density at radius 1 is 1.39 bits per heavy atom. The molecule has 1 atom stereocenters. The second kappa shape index (κ2) is 5.52. The number of nitrogens with zero attached hydrogens (tertiary/aromatic N) is 2. The molecule has 0 saturated carbocycles. The van der Waals surface area contributed by atoms with Crippen LogP contribution >= 0.6 is 0 Å². The van der Waals surface area contributed by atoms with Crippen LogP contribution in [-0.2, 0) is 22.7 Å². The molecule has 0 bridgehead atoms. The fraction of sp³-hybridized carbons (Fsp3) is 0.357. The standard InChI is InChI=1S/C14H17N3O5S/c1-14(18,10-3-4-12-13(5-10)22-9-21-12)8-16-23(19,20)11-6-15-17(2)7-11/h3-7,16,18H,8-9H2,1-2H3/t14-/m1/s1. The second-order valence-corrected chi connectivity index (χ2v) is 7.28. The number of rotatable bonds is 5. The SMILES string of the molecule is Cn1cc(S(=O)(=O)NC[C@@](C)(O)c2ccc3c(c2)OCO3)cn1. The van der Waals surface area contributed by atoms with Crippen LogP contribution in [0.3, 0.4) is 0 Å². The quantitative estimate of drug-likeness (QED) is 0.814. The Bertz CT molecular complexity index is 829. The topological polar surface area (TPSA) is 103 Å². The van der Waals surface area contributed by atoms with Gasteiger partial charge in [0.2, 0.25) is 16.8 Å². The summed E-state index contributed by atoms with van der Waals surface area (Å²) in [7, 11) is -2.11. The van der Waals surface area contributed by atoms with Crippen molar-refractivity contribution in [1.82, 2.24) is 14.5 Å². The summed E-state index contributed by atoms with van der Waals surface area (Å²) in [4.78, 5) is 0.0430. The molecule has 0 fully saturated rings. The molecule has 0 saturated heterocycles. The molecule has 0 spiro atoms. The lowest BCUT2D eigenvalue weighted by atomic mass is 9.96. The molecule has 2 aromatic rings. The average molecular weight is 339 g/mol. The van der Waals surface area contributed by atoms with Crippen molar-refractivity contribution in [3.8, 4) is 11.5 Å². The zero-order valence-corrected chi connectivity index (χ0v) is 13.5. The van der Waals surface area contributed by atoms with E-state index in [1.165, 1.54) is 24.0 Å². The number of benzene rings is 1. The number of sulfonamides is 1. The molecular weight excluding hydrogens is 322 g/mol. The van der Waals surface area contributed by atoms with Crippen molar-refractivity contribution in [3.63, 3.8) is 0 Å². The number of ether oxygens (including phenoxy) is 2. The first-order chi connectivity index (χ1) is 10.8. The van der Waals surface area contributed by atoms with Gasteiger partial charge in [-0.05, 0) is 24.6 Å². The highest BCUT2D eigenvalue weighted by atomic mass is 32.2. The molecule has 9 heteroatoms. The maximum absolute atomic E-state index is 12.2. The molecule has 0 unspecified atom stereocenters. The summed E-state index contributed by atoms with van der Waals surface area (Å²) in [6.45, 7) is 1.47. The van der Waals surface area contributed by atoms with Gasteiger partial charge in [-0.3, -0.25) is 4.68 Å². The molecule has 1 aliphatic heterocycles. The Morgan fingerprint density at radius 3 is 2.83 bits per heavy atom. The molecule has 1 aromatic carbocycles. The summed E-state index contributed by atoms with van der Waals surface area (Å²) in [6.07, 6.45) is 2.63. The lowest BCUT2D eigenvalue weighted by Crippen LogP contribution is -2.38. The Hall–Kier alpha value is -2.10. The molecule has 0 aliphatic carbocycles. The second-order valence-electron chi connectivity index (χ2n) is 5.52. The number of hydrogen-bond acceptors (Lipinski definition) is 6.